The molecule has 0 radical (unpaired) electrons. The highest BCUT2D eigenvalue weighted by atomic mass is 79.9. The van der Waals surface area contributed by atoms with Crippen LogP contribution in [-0.4, -0.2) is 21.9 Å². The Bertz CT molecular complexity index is 650. The van der Waals surface area contributed by atoms with Gasteiger partial charge >= 0.3 is 0 Å². The van der Waals surface area contributed by atoms with Crippen molar-refractivity contribution >= 4 is 44.8 Å². The fourth-order valence-corrected chi connectivity index (χ4v) is 3.64. The summed E-state index contributed by atoms with van der Waals surface area (Å²) in [6, 6.07) is 5.65. The summed E-state index contributed by atoms with van der Waals surface area (Å²) in [5, 5.41) is 0. The second-order valence-electron chi connectivity index (χ2n) is 4.51. The molecule has 0 atom stereocenters. The smallest absolute Gasteiger partial charge is 0.271 e. The topological polar surface area (TPSA) is 25.2 Å². The molecule has 0 fully saturated rings. The SMILES string of the molecule is C=CCN(Cc1ccc(Cl)s1)C(=O)c1cc(Br)cn1CC. The van der Waals surface area contributed by atoms with Crippen LogP contribution in [0.1, 0.15) is 22.3 Å². The van der Waals surface area contributed by atoms with Crippen molar-refractivity contribution in [3.63, 3.8) is 0 Å². The van der Waals surface area contributed by atoms with E-state index in [0.29, 0.717) is 18.8 Å². The van der Waals surface area contributed by atoms with E-state index < -0.39 is 0 Å². The van der Waals surface area contributed by atoms with E-state index in [9.17, 15) is 4.79 Å². The van der Waals surface area contributed by atoms with Gasteiger partial charge in [0.1, 0.15) is 5.69 Å². The second kappa shape index (κ2) is 7.29. The van der Waals surface area contributed by atoms with Gasteiger partial charge in [-0.25, -0.2) is 0 Å². The molecular formula is C15H16BrClN2OS. The van der Waals surface area contributed by atoms with Crippen molar-refractivity contribution in [1.29, 1.82) is 0 Å². The number of carbonyl (C=O) groups is 1. The molecule has 0 aliphatic carbocycles. The number of hydrogen-bond donors (Lipinski definition) is 0. The molecule has 0 bridgehead atoms. The Morgan fingerprint density at radius 3 is 2.90 bits per heavy atom. The Balaban J connectivity index is 2.24. The van der Waals surface area contributed by atoms with Crippen LogP contribution in [0.2, 0.25) is 4.34 Å². The Morgan fingerprint density at radius 2 is 2.33 bits per heavy atom. The van der Waals surface area contributed by atoms with Crippen molar-refractivity contribution in [2.45, 2.75) is 20.0 Å². The van der Waals surface area contributed by atoms with E-state index in [-0.39, 0.29) is 5.91 Å². The van der Waals surface area contributed by atoms with Crippen LogP contribution in [0.5, 0.6) is 0 Å². The van der Waals surface area contributed by atoms with Gasteiger partial charge in [0.15, 0.2) is 0 Å². The summed E-state index contributed by atoms with van der Waals surface area (Å²) in [6.45, 7) is 7.54. The van der Waals surface area contributed by atoms with Crippen LogP contribution in [0.4, 0.5) is 0 Å². The van der Waals surface area contributed by atoms with Crippen LogP contribution in [0.25, 0.3) is 0 Å². The largest absolute Gasteiger partial charge is 0.343 e. The minimum absolute atomic E-state index is 0.00743. The maximum atomic E-state index is 12.7. The highest BCUT2D eigenvalue weighted by Gasteiger charge is 2.19. The third-order valence-corrected chi connectivity index (χ3v) is 4.68. The third-order valence-electron chi connectivity index (χ3n) is 3.04. The molecule has 1 amide bonds. The Morgan fingerprint density at radius 1 is 1.57 bits per heavy atom. The zero-order chi connectivity index (χ0) is 15.4. The molecule has 2 rings (SSSR count). The van der Waals surface area contributed by atoms with Crippen molar-refractivity contribution in [3.8, 4) is 0 Å². The van der Waals surface area contributed by atoms with Crippen molar-refractivity contribution in [3.05, 3.63) is 56.4 Å². The lowest BCUT2D eigenvalue weighted by Crippen LogP contribution is -2.31. The molecule has 0 N–H and O–H groups in total. The van der Waals surface area contributed by atoms with Crippen LogP contribution in [0.3, 0.4) is 0 Å². The van der Waals surface area contributed by atoms with Gasteiger partial charge in [-0.05, 0) is 41.1 Å². The molecule has 6 heteroatoms. The summed E-state index contributed by atoms with van der Waals surface area (Å²) in [5.74, 6) is -0.00743. The molecule has 2 aromatic heterocycles. The predicted octanol–water partition coefficient (Wildman–Crippen LogP) is 4.81. The number of aromatic nitrogens is 1. The lowest BCUT2D eigenvalue weighted by molar-refractivity contribution is 0.0753. The van der Waals surface area contributed by atoms with Gasteiger partial charge in [0.25, 0.3) is 5.91 Å². The summed E-state index contributed by atoms with van der Waals surface area (Å²) in [7, 11) is 0. The molecule has 21 heavy (non-hydrogen) atoms. The van der Waals surface area contributed by atoms with Gasteiger partial charge in [-0.3, -0.25) is 4.79 Å². The van der Waals surface area contributed by atoms with Crippen molar-refractivity contribution in [2.24, 2.45) is 0 Å². The maximum absolute atomic E-state index is 12.7. The molecule has 2 aromatic rings. The number of rotatable bonds is 6. The second-order valence-corrected chi connectivity index (χ2v) is 7.23. The summed E-state index contributed by atoms with van der Waals surface area (Å²) < 4.78 is 3.57. The average Bonchev–Trinajstić information content (AvgIpc) is 3.03. The van der Waals surface area contributed by atoms with Gasteiger partial charge in [-0.1, -0.05) is 17.7 Å². The highest BCUT2D eigenvalue weighted by Crippen LogP contribution is 2.24. The normalized spacial score (nSPS) is 10.6. The standard InChI is InChI=1S/C15H16BrClN2OS/c1-3-7-19(10-12-5-6-14(17)21-12)15(20)13-8-11(16)9-18(13)4-2/h3,5-6,8-9H,1,4,7,10H2,2H3. The molecule has 2 heterocycles. The summed E-state index contributed by atoms with van der Waals surface area (Å²) in [4.78, 5) is 15.6. The average molecular weight is 388 g/mol. The van der Waals surface area contributed by atoms with Gasteiger partial charge in [0.05, 0.1) is 10.9 Å². The molecule has 0 aliphatic heterocycles. The molecular weight excluding hydrogens is 372 g/mol. The number of aryl methyl sites for hydroxylation is 1. The van der Waals surface area contributed by atoms with Crippen molar-refractivity contribution in [2.75, 3.05) is 6.54 Å². The van der Waals surface area contributed by atoms with Crippen molar-refractivity contribution < 1.29 is 4.79 Å². The van der Waals surface area contributed by atoms with Crippen LogP contribution < -0.4 is 0 Å². The van der Waals surface area contributed by atoms with E-state index in [1.807, 2.05) is 35.9 Å². The first kappa shape index (κ1) is 16.3. The van der Waals surface area contributed by atoms with E-state index in [0.717, 1.165) is 20.2 Å². The van der Waals surface area contributed by atoms with E-state index in [1.165, 1.54) is 11.3 Å². The fraction of sp³-hybridized carbons (Fsp3) is 0.267. The van der Waals surface area contributed by atoms with E-state index in [1.54, 1.807) is 11.0 Å². The zero-order valence-corrected chi connectivity index (χ0v) is 14.8. The van der Waals surface area contributed by atoms with Crippen LogP contribution >= 0.6 is 38.9 Å². The number of hydrogen-bond acceptors (Lipinski definition) is 2. The van der Waals surface area contributed by atoms with Crippen LogP contribution in [0.15, 0.2) is 41.5 Å². The highest BCUT2D eigenvalue weighted by molar-refractivity contribution is 9.10. The number of nitrogens with zero attached hydrogens (tertiary/aromatic N) is 2. The first-order valence-electron chi connectivity index (χ1n) is 6.55. The fourth-order valence-electron chi connectivity index (χ4n) is 2.08. The Hall–Kier alpha value is -1.04. The summed E-state index contributed by atoms with van der Waals surface area (Å²) in [6.07, 6.45) is 3.66. The molecule has 112 valence electrons. The number of halogens is 2. The molecule has 0 aliphatic rings. The third kappa shape index (κ3) is 3.99. The molecule has 0 saturated heterocycles. The maximum Gasteiger partial charge on any atom is 0.271 e. The molecule has 0 spiro atoms. The minimum atomic E-state index is -0.00743. The summed E-state index contributed by atoms with van der Waals surface area (Å²) in [5.41, 5.74) is 0.675. The quantitative estimate of drug-likeness (QED) is 0.653. The molecule has 0 saturated carbocycles. The predicted molar refractivity (Wildman–Crippen MR) is 92.1 cm³/mol. The number of carbonyl (C=O) groups excluding carboxylic acids is 1. The summed E-state index contributed by atoms with van der Waals surface area (Å²) >= 11 is 10.9. The van der Waals surface area contributed by atoms with Crippen molar-refractivity contribution in [1.82, 2.24) is 9.47 Å². The number of amides is 1. The number of thiophene rings is 1. The molecule has 3 nitrogen and oxygen atoms in total. The molecule has 0 unspecified atom stereocenters. The molecule has 0 aromatic carbocycles. The first-order chi connectivity index (χ1) is 10.0. The Kier molecular flexibility index (Phi) is 5.67. The Labute approximate surface area is 142 Å². The lowest BCUT2D eigenvalue weighted by atomic mass is 10.3. The van der Waals surface area contributed by atoms with Crippen LogP contribution in [-0.2, 0) is 13.1 Å². The van der Waals surface area contributed by atoms with Gasteiger partial charge < -0.3 is 9.47 Å². The zero-order valence-electron chi connectivity index (χ0n) is 11.7. The monoisotopic (exact) mass is 386 g/mol. The van der Waals surface area contributed by atoms with E-state index in [4.69, 9.17) is 11.6 Å². The van der Waals surface area contributed by atoms with Gasteiger partial charge in [0, 0.05) is 28.6 Å². The minimum Gasteiger partial charge on any atom is -0.343 e. The van der Waals surface area contributed by atoms with Crippen LogP contribution in [0, 0.1) is 0 Å². The first-order valence-corrected chi connectivity index (χ1v) is 8.54. The van der Waals surface area contributed by atoms with E-state index >= 15 is 0 Å². The van der Waals surface area contributed by atoms with Gasteiger partial charge in [-0.2, -0.15) is 0 Å². The lowest BCUT2D eigenvalue weighted by Gasteiger charge is -2.21. The van der Waals surface area contributed by atoms with Gasteiger partial charge in [-0.15, -0.1) is 17.9 Å². The van der Waals surface area contributed by atoms with E-state index in [2.05, 4.69) is 22.5 Å². The van der Waals surface area contributed by atoms with Gasteiger partial charge in [0.2, 0.25) is 0 Å².